The van der Waals surface area contributed by atoms with E-state index in [4.69, 9.17) is 37.6 Å². The number of ether oxygens (including phenoxy) is 7. The lowest BCUT2D eigenvalue weighted by molar-refractivity contribution is -0.282. The minimum absolute atomic E-state index is 0.0241. The van der Waals surface area contributed by atoms with E-state index in [1.54, 1.807) is 36.4 Å². The molecule has 0 N–H and O–H groups in total. The lowest BCUT2D eigenvalue weighted by Gasteiger charge is -2.43. The molecule has 0 spiro atoms. The molecule has 2 saturated heterocycles. The monoisotopic (exact) mass is 889 g/mol. The van der Waals surface area contributed by atoms with Gasteiger partial charge in [0.25, 0.3) is 0 Å². The van der Waals surface area contributed by atoms with Crippen LogP contribution in [0.25, 0.3) is 20.5 Å². The second-order valence-electron chi connectivity index (χ2n) is 16.9. The van der Waals surface area contributed by atoms with Gasteiger partial charge in [-0.3, -0.25) is 24.1 Å². The van der Waals surface area contributed by atoms with Gasteiger partial charge in [-0.25, -0.2) is 4.79 Å². The Morgan fingerprint density at radius 3 is 1.94 bits per heavy atom. The third kappa shape index (κ3) is 10.8. The summed E-state index contributed by atoms with van der Waals surface area (Å²) in [5, 5.41) is 0.750. The van der Waals surface area contributed by atoms with Gasteiger partial charge in [-0.15, -0.1) is 11.3 Å². The number of hydrogen-bond acceptors (Lipinski definition) is 15. The highest BCUT2D eigenvalue weighted by Crippen LogP contribution is 2.44. The summed E-state index contributed by atoms with van der Waals surface area (Å²) in [4.78, 5) is 67.2. The number of methoxy groups -OCH3 is 1. The first-order chi connectivity index (χ1) is 29.3. The van der Waals surface area contributed by atoms with Crippen molar-refractivity contribution in [2.45, 2.75) is 110 Å². The van der Waals surface area contributed by atoms with Crippen LogP contribution in [0.1, 0.15) is 76.7 Å². The summed E-state index contributed by atoms with van der Waals surface area (Å²) in [6.45, 7) is 16.8. The molecule has 3 aromatic carbocycles. The van der Waals surface area contributed by atoms with E-state index in [9.17, 15) is 24.0 Å². The predicted octanol–water partition coefficient (Wildman–Crippen LogP) is 8.08. The van der Waals surface area contributed by atoms with Crippen LogP contribution < -0.4 is 13.9 Å². The van der Waals surface area contributed by atoms with Crippen LogP contribution in [0.4, 0.5) is 0 Å². The average molecular weight is 890 g/mol. The first kappa shape index (κ1) is 46.2. The highest BCUT2D eigenvalue weighted by Gasteiger charge is 2.56. The Morgan fingerprint density at radius 1 is 0.758 bits per heavy atom. The molecular weight excluding hydrogens is 835 g/mol. The van der Waals surface area contributed by atoms with E-state index < -0.39 is 62.9 Å². The van der Waals surface area contributed by atoms with Gasteiger partial charge in [0.2, 0.25) is 20.7 Å². The molecule has 62 heavy (non-hydrogen) atoms. The van der Waals surface area contributed by atoms with Crippen molar-refractivity contribution in [2.24, 2.45) is 0 Å². The molecule has 5 atom stereocenters. The Hall–Kier alpha value is -5.29. The Morgan fingerprint density at radius 2 is 1.34 bits per heavy atom. The van der Waals surface area contributed by atoms with E-state index in [0.717, 1.165) is 69.6 Å². The maximum Gasteiger partial charge on any atom is 0.339 e. The number of carbonyl (C=O) groups excluding carboxylic acids is 5. The van der Waals surface area contributed by atoms with Crippen LogP contribution in [0, 0.1) is 0 Å². The molecule has 332 valence electrons. The summed E-state index contributed by atoms with van der Waals surface area (Å²) in [5.41, 5.74) is 1.72. The van der Waals surface area contributed by atoms with Crippen molar-refractivity contribution in [2.75, 3.05) is 26.9 Å². The maximum atomic E-state index is 14.6. The van der Waals surface area contributed by atoms with Gasteiger partial charge in [-0.2, -0.15) is 0 Å². The molecule has 3 heterocycles. The van der Waals surface area contributed by atoms with Gasteiger partial charge in [0.05, 0.1) is 7.11 Å². The van der Waals surface area contributed by atoms with Crippen LogP contribution in [0.2, 0.25) is 18.1 Å². The smallest absolute Gasteiger partial charge is 0.339 e. The lowest BCUT2D eigenvalue weighted by atomic mass is 9.97. The fraction of sp³-hybridized carbons (Fsp3) is 0.457. The second-order valence-corrected chi connectivity index (χ2v) is 22.7. The molecule has 0 saturated carbocycles. The molecule has 0 radical (unpaired) electrons. The molecule has 2 fully saturated rings. The third-order valence-corrected chi connectivity index (χ3v) is 16.8. The molecule has 4 aromatic rings. The number of benzene rings is 3. The predicted molar refractivity (Wildman–Crippen MR) is 234 cm³/mol. The number of fused-ring (bicyclic) bond motifs is 1. The zero-order chi connectivity index (χ0) is 44.9. The number of esters is 4. The number of carbonyl (C=O) groups is 5. The van der Waals surface area contributed by atoms with E-state index in [1.807, 2.05) is 30.3 Å². The van der Waals surface area contributed by atoms with Crippen LogP contribution >= 0.6 is 11.3 Å². The first-order valence-corrected chi connectivity index (χ1v) is 24.3. The van der Waals surface area contributed by atoms with Crippen LogP contribution in [-0.4, -0.2) is 101 Å². The number of ketones is 1. The molecule has 2 unspecified atom stereocenters. The molecule has 2 aliphatic heterocycles. The molecule has 2 aliphatic rings. The Kier molecular flexibility index (Phi) is 14.5. The zero-order valence-electron chi connectivity index (χ0n) is 36.6. The van der Waals surface area contributed by atoms with Crippen LogP contribution in [0.15, 0.2) is 66.7 Å². The van der Waals surface area contributed by atoms with Crippen molar-refractivity contribution >= 4 is 59.4 Å². The van der Waals surface area contributed by atoms with E-state index in [2.05, 4.69) is 38.8 Å². The quantitative estimate of drug-likeness (QED) is 0.0517. The fourth-order valence-corrected chi connectivity index (χ4v) is 9.37. The van der Waals surface area contributed by atoms with E-state index in [0.29, 0.717) is 34.0 Å². The largest absolute Gasteiger partial charge is 0.543 e. The van der Waals surface area contributed by atoms with Gasteiger partial charge in [0.15, 0.2) is 24.1 Å². The van der Waals surface area contributed by atoms with Crippen LogP contribution in [0.3, 0.4) is 0 Å². The minimum atomic E-state index is -2.18. The van der Waals surface area contributed by atoms with Crippen LogP contribution in [0.5, 0.6) is 17.2 Å². The molecule has 0 aliphatic carbocycles. The highest BCUT2D eigenvalue weighted by molar-refractivity contribution is 7.22. The minimum Gasteiger partial charge on any atom is -0.543 e. The van der Waals surface area contributed by atoms with Crippen LogP contribution in [-0.2, 0) is 42.9 Å². The molecule has 16 heteroatoms. The summed E-state index contributed by atoms with van der Waals surface area (Å²) >= 11 is 1.46. The number of likely N-dealkylation sites (tertiary alicyclic amines) is 1. The van der Waals surface area contributed by atoms with Crippen molar-refractivity contribution < 1.29 is 61.6 Å². The summed E-state index contributed by atoms with van der Waals surface area (Å²) in [6.07, 6.45) is -4.10. The van der Waals surface area contributed by atoms with Gasteiger partial charge in [0, 0.05) is 60.0 Å². The van der Waals surface area contributed by atoms with Crippen molar-refractivity contribution in [3.8, 4) is 27.7 Å². The molecule has 14 nitrogen and oxygen atoms in total. The normalized spacial score (nSPS) is 20.8. The first-order valence-electron chi connectivity index (χ1n) is 20.6. The van der Waals surface area contributed by atoms with E-state index in [-0.39, 0.29) is 16.6 Å². The molecule has 1 aromatic heterocycles. The number of rotatable bonds is 14. The third-order valence-electron chi connectivity index (χ3n) is 11.3. The number of thiophene rings is 1. The van der Waals surface area contributed by atoms with E-state index in [1.165, 1.54) is 17.8 Å². The van der Waals surface area contributed by atoms with Gasteiger partial charge < -0.3 is 37.6 Å². The van der Waals surface area contributed by atoms with Crippen molar-refractivity contribution in [1.82, 2.24) is 4.90 Å². The number of nitrogens with zero attached hydrogens (tertiary/aromatic N) is 1. The zero-order valence-corrected chi connectivity index (χ0v) is 38.5. The van der Waals surface area contributed by atoms with Crippen molar-refractivity contribution in [3.05, 3.63) is 77.9 Å². The number of hydrogen-bond donors (Lipinski definition) is 0. The van der Waals surface area contributed by atoms with Gasteiger partial charge in [-0.1, -0.05) is 27.2 Å². The Bertz CT molecular complexity index is 2260. The Labute approximate surface area is 366 Å². The summed E-state index contributed by atoms with van der Waals surface area (Å²) in [5.74, 6) is -1.88. The standard InChI is InChI=1S/C46H55NO13SSi/c1-27(48)55-39-40(56-28(2)49)42(57-29(3)50)45(59-41(39)44(52)53-7)58-33-19-15-31(16-20-33)43-37(35-22-21-34(25-36(35)61-43)60-62(8,9)46(4,5)6)38(51)30-13-17-32(18-14-30)54-26-47-23-11-10-12-24-47/h13-22,25,39-42,45H,10-12,23-24,26H2,1-9H3/t39-,40-,41?,42?,45-/m1/s1. The summed E-state index contributed by atoms with van der Waals surface area (Å²) in [7, 11) is -1.07. The average Bonchev–Trinajstić information content (AvgIpc) is 3.60. The topological polar surface area (TPSA) is 162 Å². The van der Waals surface area contributed by atoms with Crippen molar-refractivity contribution in [1.29, 1.82) is 0 Å². The fourth-order valence-electron chi connectivity index (χ4n) is 7.11. The molecular formula is C46H55NO13SSi. The SMILES string of the molecule is COC(=O)C1O[C@@H](Oc2ccc(-c3sc4cc(O[Si](C)(C)C(C)(C)C)ccc4c3C(=O)c3ccc(OCN4CCCCC4)cc3)cc2)C(OC(C)=O)[C@H](OC(C)=O)[C@H]1OC(C)=O. The lowest BCUT2D eigenvalue weighted by Crippen LogP contribution is -2.64. The van der Waals surface area contributed by atoms with Gasteiger partial charge in [-0.05, 0) is 103 Å². The summed E-state index contributed by atoms with van der Waals surface area (Å²) in [6, 6.07) is 19.9. The second kappa shape index (κ2) is 19.4. The van der Waals surface area contributed by atoms with E-state index >= 15 is 0 Å². The number of piperidine rings is 1. The van der Waals surface area contributed by atoms with Gasteiger partial charge >= 0.3 is 23.9 Å². The molecule has 0 amide bonds. The van der Waals surface area contributed by atoms with Crippen molar-refractivity contribution in [3.63, 3.8) is 0 Å². The maximum absolute atomic E-state index is 14.6. The highest BCUT2D eigenvalue weighted by atomic mass is 32.1. The Balaban J connectivity index is 1.34. The summed E-state index contributed by atoms with van der Waals surface area (Å²) < 4.78 is 47.0. The molecule has 0 bridgehead atoms. The molecule has 6 rings (SSSR count). The van der Waals surface area contributed by atoms with Gasteiger partial charge in [0.1, 0.15) is 24.0 Å².